The number of hydrogen-bond donors (Lipinski definition) is 1. The smallest absolute Gasteiger partial charge is 0.223 e. The number of nitrogen functional groups attached to an aromatic ring is 1. The molecule has 10 nitrogen and oxygen atoms in total. The Bertz CT molecular complexity index is 1430. The maximum absolute atomic E-state index is 14.5. The highest BCUT2D eigenvalue weighted by Crippen LogP contribution is 2.35. The summed E-state index contributed by atoms with van der Waals surface area (Å²) in [5.74, 6) is 0.451. The Morgan fingerprint density at radius 3 is 2.81 bits per heavy atom. The summed E-state index contributed by atoms with van der Waals surface area (Å²) >= 11 is 0. The Balaban J connectivity index is 1.29. The molecule has 1 aromatic carbocycles. The van der Waals surface area contributed by atoms with E-state index in [0.717, 1.165) is 18.5 Å². The van der Waals surface area contributed by atoms with E-state index in [1.165, 1.54) is 23.8 Å². The van der Waals surface area contributed by atoms with Gasteiger partial charge in [0, 0.05) is 36.2 Å². The standard InChI is InChI=1S/C24H28F2N8O2/c1-14-3-4-15(8-33(14)16-7-28-32(9-16)11-24(10-25)12-36-13-24)21-30-22-17-5-18(26)20(35-2)6-19(17)29-23(27)34(22)31-21/h5-7,9,14-15H,3-4,8,10-13H2,1-2H3,(H2,27,29)/t14-,15+/m0/s1. The third kappa shape index (κ3) is 3.71. The summed E-state index contributed by atoms with van der Waals surface area (Å²) < 4.78 is 41.6. The monoisotopic (exact) mass is 498 g/mol. The molecular formula is C24H28F2N8O2. The zero-order valence-electron chi connectivity index (χ0n) is 20.2. The van der Waals surface area contributed by atoms with Gasteiger partial charge in [-0.05, 0) is 25.8 Å². The molecule has 5 heterocycles. The van der Waals surface area contributed by atoms with Gasteiger partial charge < -0.3 is 20.1 Å². The fourth-order valence-electron chi connectivity index (χ4n) is 5.19. The van der Waals surface area contributed by atoms with Crippen molar-refractivity contribution in [1.82, 2.24) is 29.4 Å². The number of nitrogens with zero attached hydrogens (tertiary/aromatic N) is 7. The van der Waals surface area contributed by atoms with Gasteiger partial charge in [-0.1, -0.05) is 0 Å². The van der Waals surface area contributed by atoms with Gasteiger partial charge in [-0.15, -0.1) is 5.10 Å². The summed E-state index contributed by atoms with van der Waals surface area (Å²) in [4.78, 5) is 11.4. The average molecular weight is 499 g/mol. The first kappa shape index (κ1) is 22.9. The fraction of sp³-hybridized carbons (Fsp3) is 0.500. The first-order valence-electron chi connectivity index (χ1n) is 12.0. The van der Waals surface area contributed by atoms with E-state index in [-0.39, 0.29) is 17.6 Å². The van der Waals surface area contributed by atoms with E-state index in [2.05, 4.69) is 27.0 Å². The highest BCUT2D eigenvalue weighted by Gasteiger charge is 2.40. The van der Waals surface area contributed by atoms with E-state index < -0.39 is 17.9 Å². The molecule has 0 saturated carbocycles. The first-order chi connectivity index (χ1) is 17.4. The first-order valence-corrected chi connectivity index (χ1v) is 12.0. The Labute approximate surface area is 206 Å². The zero-order valence-corrected chi connectivity index (χ0v) is 20.2. The highest BCUT2D eigenvalue weighted by molar-refractivity contribution is 5.93. The lowest BCUT2D eigenvalue weighted by Crippen LogP contribution is -2.47. The van der Waals surface area contributed by atoms with Gasteiger partial charge in [-0.2, -0.15) is 9.61 Å². The number of ether oxygens (including phenoxy) is 2. The van der Waals surface area contributed by atoms with Crippen molar-refractivity contribution in [2.24, 2.45) is 5.41 Å². The molecule has 190 valence electrons. The largest absolute Gasteiger partial charge is 0.494 e. The van der Waals surface area contributed by atoms with E-state index in [4.69, 9.17) is 20.2 Å². The topological polar surface area (TPSA) is 109 Å². The third-order valence-corrected chi connectivity index (χ3v) is 7.38. The van der Waals surface area contributed by atoms with Crippen LogP contribution in [0.4, 0.5) is 20.4 Å². The van der Waals surface area contributed by atoms with Crippen LogP contribution in [-0.2, 0) is 11.3 Å². The lowest BCUT2D eigenvalue weighted by atomic mass is 9.88. The molecule has 0 radical (unpaired) electrons. The predicted molar refractivity (Wildman–Crippen MR) is 129 cm³/mol. The lowest BCUT2D eigenvalue weighted by Gasteiger charge is -2.39. The summed E-state index contributed by atoms with van der Waals surface area (Å²) in [6, 6.07) is 3.17. The molecule has 2 aliphatic rings. The molecule has 2 N–H and O–H groups in total. The van der Waals surface area contributed by atoms with Crippen molar-refractivity contribution >= 4 is 28.2 Å². The third-order valence-electron chi connectivity index (χ3n) is 7.38. The molecule has 2 saturated heterocycles. The molecular weight excluding hydrogens is 470 g/mol. The molecule has 2 aliphatic heterocycles. The number of aromatic nitrogens is 6. The Morgan fingerprint density at radius 1 is 1.25 bits per heavy atom. The number of alkyl halides is 1. The number of anilines is 2. The second-order valence-corrected chi connectivity index (χ2v) is 9.98. The molecule has 0 bridgehead atoms. The van der Waals surface area contributed by atoms with Gasteiger partial charge in [-0.25, -0.2) is 14.4 Å². The van der Waals surface area contributed by atoms with Crippen molar-refractivity contribution in [3.8, 4) is 5.75 Å². The van der Waals surface area contributed by atoms with Crippen LogP contribution in [0.3, 0.4) is 0 Å². The number of hydrogen-bond acceptors (Lipinski definition) is 8. The van der Waals surface area contributed by atoms with Gasteiger partial charge in [0.2, 0.25) is 5.95 Å². The SMILES string of the molecule is COc1cc2nc(N)n3nc([C@@H]4CC[C@H](C)N(c5cnn(CC6(CF)COC6)c5)C4)nc3c2cc1F. The zero-order chi connectivity index (χ0) is 25.0. The molecule has 0 unspecified atom stereocenters. The number of benzene rings is 1. The predicted octanol–water partition coefficient (Wildman–Crippen LogP) is 2.96. The number of fused-ring (bicyclic) bond motifs is 3. The van der Waals surface area contributed by atoms with E-state index in [1.807, 2.05) is 12.4 Å². The fourth-order valence-corrected chi connectivity index (χ4v) is 5.19. The van der Waals surface area contributed by atoms with Crippen LogP contribution in [0.25, 0.3) is 16.6 Å². The van der Waals surface area contributed by atoms with E-state index in [1.54, 1.807) is 4.68 Å². The van der Waals surface area contributed by atoms with E-state index in [9.17, 15) is 8.78 Å². The van der Waals surface area contributed by atoms with E-state index in [0.29, 0.717) is 54.7 Å². The minimum Gasteiger partial charge on any atom is -0.494 e. The van der Waals surface area contributed by atoms with Crippen molar-refractivity contribution in [2.75, 3.05) is 44.2 Å². The van der Waals surface area contributed by atoms with Crippen LogP contribution in [0, 0.1) is 11.2 Å². The summed E-state index contributed by atoms with van der Waals surface area (Å²) in [6.45, 7) is 3.78. The van der Waals surface area contributed by atoms with Gasteiger partial charge in [0.1, 0.15) is 6.67 Å². The van der Waals surface area contributed by atoms with Crippen molar-refractivity contribution in [3.05, 3.63) is 36.2 Å². The summed E-state index contributed by atoms with van der Waals surface area (Å²) in [5.41, 5.74) is 7.64. The number of piperidine rings is 1. The maximum atomic E-state index is 14.5. The lowest BCUT2D eigenvalue weighted by molar-refractivity contribution is -0.133. The van der Waals surface area contributed by atoms with Crippen LogP contribution in [0.2, 0.25) is 0 Å². The van der Waals surface area contributed by atoms with Crippen LogP contribution >= 0.6 is 0 Å². The van der Waals surface area contributed by atoms with Crippen molar-refractivity contribution < 1.29 is 18.3 Å². The van der Waals surface area contributed by atoms with Crippen LogP contribution in [0.1, 0.15) is 31.5 Å². The summed E-state index contributed by atoms with van der Waals surface area (Å²) in [5, 5.41) is 9.66. The average Bonchev–Trinajstić information content (AvgIpc) is 3.50. The Hall–Kier alpha value is -3.54. The molecule has 4 aromatic rings. The van der Waals surface area contributed by atoms with Crippen LogP contribution in [-0.4, -0.2) is 68.9 Å². The Kier molecular flexibility index (Phi) is 5.43. The molecule has 0 spiro atoms. The number of nitrogens with two attached hydrogens (primary N) is 1. The molecule has 6 rings (SSSR count). The second-order valence-electron chi connectivity index (χ2n) is 9.98. The Morgan fingerprint density at radius 2 is 2.08 bits per heavy atom. The van der Waals surface area contributed by atoms with Gasteiger partial charge in [0.15, 0.2) is 23.0 Å². The summed E-state index contributed by atoms with van der Waals surface area (Å²) in [7, 11) is 1.40. The van der Waals surface area contributed by atoms with Crippen molar-refractivity contribution in [3.63, 3.8) is 0 Å². The van der Waals surface area contributed by atoms with Crippen LogP contribution in [0.5, 0.6) is 5.75 Å². The molecule has 2 fully saturated rings. The van der Waals surface area contributed by atoms with Crippen LogP contribution < -0.4 is 15.4 Å². The van der Waals surface area contributed by atoms with Crippen molar-refractivity contribution in [2.45, 2.75) is 38.3 Å². The normalized spacial score (nSPS) is 21.7. The number of halogens is 2. The molecule has 0 amide bonds. The molecule has 2 atom stereocenters. The van der Waals surface area contributed by atoms with Gasteiger partial charge in [0.05, 0.1) is 49.7 Å². The van der Waals surface area contributed by atoms with Crippen LogP contribution in [0.15, 0.2) is 24.5 Å². The molecule has 0 aliphatic carbocycles. The van der Waals surface area contributed by atoms with Gasteiger partial charge >= 0.3 is 0 Å². The van der Waals surface area contributed by atoms with Gasteiger partial charge in [-0.3, -0.25) is 9.07 Å². The summed E-state index contributed by atoms with van der Waals surface area (Å²) in [6.07, 6.45) is 5.64. The van der Waals surface area contributed by atoms with E-state index >= 15 is 0 Å². The molecule has 3 aromatic heterocycles. The quantitative estimate of drug-likeness (QED) is 0.432. The maximum Gasteiger partial charge on any atom is 0.223 e. The van der Waals surface area contributed by atoms with Crippen molar-refractivity contribution in [1.29, 1.82) is 0 Å². The highest BCUT2D eigenvalue weighted by atomic mass is 19.1. The molecule has 12 heteroatoms. The minimum atomic E-state index is -0.499. The molecule has 36 heavy (non-hydrogen) atoms. The number of methoxy groups -OCH3 is 1. The number of rotatable bonds is 6. The second kappa shape index (κ2) is 8.54. The van der Waals surface area contributed by atoms with Gasteiger partial charge in [0.25, 0.3) is 0 Å². The minimum absolute atomic E-state index is 0.0409.